The molecule has 0 N–H and O–H groups in total. The van der Waals surface area contributed by atoms with Crippen molar-refractivity contribution in [1.82, 2.24) is 0 Å². The first-order valence-corrected chi connectivity index (χ1v) is 9.82. The van der Waals surface area contributed by atoms with Crippen molar-refractivity contribution < 1.29 is 24.0 Å². The first-order valence-electron chi connectivity index (χ1n) is 9.82. The SMILES string of the molecule is CCCCO[C@@H]1O[C@@H]2O[C@]3(C)CC[C@H]4[C@H](C)CC[C@@H]([C@@H]1C)[C@@]24OO3. The van der Waals surface area contributed by atoms with E-state index in [2.05, 4.69) is 20.8 Å². The van der Waals surface area contributed by atoms with Crippen LogP contribution in [-0.4, -0.2) is 30.6 Å². The van der Waals surface area contributed by atoms with Gasteiger partial charge in [-0.1, -0.05) is 27.2 Å². The number of fused-ring (bicyclic) bond motifs is 2. The molecule has 1 aliphatic carbocycles. The van der Waals surface area contributed by atoms with Gasteiger partial charge in [-0.25, -0.2) is 9.78 Å². The molecule has 0 unspecified atom stereocenters. The van der Waals surface area contributed by atoms with E-state index in [1.807, 2.05) is 6.92 Å². The molecule has 4 saturated heterocycles. The van der Waals surface area contributed by atoms with Gasteiger partial charge in [-0.3, -0.25) is 0 Å². The van der Waals surface area contributed by atoms with E-state index in [0.717, 1.165) is 38.7 Å². The molecule has 24 heavy (non-hydrogen) atoms. The minimum atomic E-state index is -0.702. The molecule has 138 valence electrons. The van der Waals surface area contributed by atoms with E-state index in [1.54, 1.807) is 0 Å². The largest absolute Gasteiger partial charge is 0.352 e. The first kappa shape index (κ1) is 17.2. The standard InChI is InChI=1S/C19H32O5/c1-5-6-11-20-16-13(3)15-8-7-12(2)14-9-10-18(4)22-17(21-16)19(14,15)24-23-18/h12-17H,5-11H2,1-4H3/t12-,13+,14+,15+,16-,17-,18+,19-/m1/s1. The molecule has 1 saturated carbocycles. The zero-order chi connectivity index (χ0) is 16.9. The summed E-state index contributed by atoms with van der Waals surface area (Å²) in [5.41, 5.74) is -0.474. The molecule has 5 nitrogen and oxygen atoms in total. The Kier molecular flexibility index (Phi) is 4.45. The molecule has 0 aromatic carbocycles. The predicted octanol–water partition coefficient (Wildman–Crippen LogP) is 4.01. The van der Waals surface area contributed by atoms with Crippen LogP contribution < -0.4 is 0 Å². The smallest absolute Gasteiger partial charge is 0.201 e. The molecule has 5 aliphatic rings. The lowest BCUT2D eigenvalue weighted by Crippen LogP contribution is -2.70. The van der Waals surface area contributed by atoms with Crippen LogP contribution in [0.1, 0.15) is 66.2 Å². The second-order valence-corrected chi connectivity index (χ2v) is 8.50. The van der Waals surface area contributed by atoms with E-state index in [-0.39, 0.29) is 18.5 Å². The first-order chi connectivity index (χ1) is 11.5. The second kappa shape index (κ2) is 6.20. The van der Waals surface area contributed by atoms with Gasteiger partial charge >= 0.3 is 0 Å². The lowest BCUT2D eigenvalue weighted by molar-refractivity contribution is -0.577. The Labute approximate surface area is 145 Å². The zero-order valence-electron chi connectivity index (χ0n) is 15.5. The summed E-state index contributed by atoms with van der Waals surface area (Å²) in [6.07, 6.45) is 5.87. The summed E-state index contributed by atoms with van der Waals surface area (Å²) in [6.45, 7) is 9.46. The Balaban J connectivity index is 1.64. The number of rotatable bonds is 4. The maximum Gasteiger partial charge on any atom is 0.201 e. The Morgan fingerprint density at radius 1 is 1.08 bits per heavy atom. The molecule has 8 atom stereocenters. The van der Waals surface area contributed by atoms with Gasteiger partial charge < -0.3 is 14.2 Å². The van der Waals surface area contributed by atoms with Crippen LogP contribution in [-0.2, 0) is 24.0 Å². The van der Waals surface area contributed by atoms with Crippen LogP contribution in [0.3, 0.4) is 0 Å². The molecule has 0 aromatic heterocycles. The molecule has 4 aliphatic heterocycles. The maximum atomic E-state index is 6.35. The van der Waals surface area contributed by atoms with Gasteiger partial charge in [-0.2, -0.15) is 0 Å². The Bertz CT molecular complexity index is 471. The average molecular weight is 340 g/mol. The van der Waals surface area contributed by atoms with E-state index in [1.165, 1.54) is 6.42 Å². The highest BCUT2D eigenvalue weighted by Gasteiger charge is 2.69. The Morgan fingerprint density at radius 2 is 1.92 bits per heavy atom. The van der Waals surface area contributed by atoms with Gasteiger partial charge in [0.1, 0.15) is 0 Å². The fraction of sp³-hybridized carbons (Fsp3) is 1.00. The molecule has 5 heteroatoms. The normalized spacial score (nSPS) is 53.5. The fourth-order valence-electron chi connectivity index (χ4n) is 5.41. The Hall–Kier alpha value is -0.200. The zero-order valence-corrected chi connectivity index (χ0v) is 15.5. The third-order valence-corrected chi connectivity index (χ3v) is 6.88. The van der Waals surface area contributed by atoms with Crippen molar-refractivity contribution in [2.45, 2.75) is 90.2 Å². The van der Waals surface area contributed by atoms with Gasteiger partial charge in [-0.15, -0.1) is 0 Å². The van der Waals surface area contributed by atoms with E-state index < -0.39 is 11.4 Å². The van der Waals surface area contributed by atoms with Crippen molar-refractivity contribution in [1.29, 1.82) is 0 Å². The number of unbranched alkanes of at least 4 members (excludes halogenated alkanes) is 1. The number of ether oxygens (including phenoxy) is 3. The van der Waals surface area contributed by atoms with Crippen molar-refractivity contribution in [2.24, 2.45) is 23.7 Å². The van der Waals surface area contributed by atoms with Crippen molar-refractivity contribution in [3.8, 4) is 0 Å². The maximum absolute atomic E-state index is 6.35. The minimum Gasteiger partial charge on any atom is -0.352 e. The molecule has 4 heterocycles. The Morgan fingerprint density at radius 3 is 2.71 bits per heavy atom. The van der Waals surface area contributed by atoms with Crippen molar-refractivity contribution in [3.63, 3.8) is 0 Å². The summed E-state index contributed by atoms with van der Waals surface area (Å²) in [5.74, 6) is 0.954. The van der Waals surface area contributed by atoms with Crippen LogP contribution in [0, 0.1) is 23.7 Å². The van der Waals surface area contributed by atoms with Crippen molar-refractivity contribution in [3.05, 3.63) is 0 Å². The van der Waals surface area contributed by atoms with E-state index in [0.29, 0.717) is 17.8 Å². The predicted molar refractivity (Wildman–Crippen MR) is 87.7 cm³/mol. The van der Waals surface area contributed by atoms with Gasteiger partial charge in [0.15, 0.2) is 18.2 Å². The molecule has 0 amide bonds. The lowest BCUT2D eigenvalue weighted by atomic mass is 9.58. The molecule has 0 radical (unpaired) electrons. The van der Waals surface area contributed by atoms with Gasteiger partial charge in [0, 0.05) is 24.9 Å². The summed E-state index contributed by atoms with van der Waals surface area (Å²) < 4.78 is 18.7. The van der Waals surface area contributed by atoms with E-state index in [4.69, 9.17) is 24.0 Å². The van der Waals surface area contributed by atoms with Crippen LogP contribution in [0.15, 0.2) is 0 Å². The topological polar surface area (TPSA) is 46.2 Å². The summed E-state index contributed by atoms with van der Waals surface area (Å²) >= 11 is 0. The third-order valence-electron chi connectivity index (χ3n) is 6.88. The molecule has 5 rings (SSSR count). The van der Waals surface area contributed by atoms with Crippen LogP contribution in [0.4, 0.5) is 0 Å². The van der Waals surface area contributed by atoms with E-state index >= 15 is 0 Å². The highest BCUT2D eigenvalue weighted by atomic mass is 17.3. The summed E-state index contributed by atoms with van der Waals surface area (Å²) in [6, 6.07) is 0. The second-order valence-electron chi connectivity index (χ2n) is 8.50. The van der Waals surface area contributed by atoms with Crippen LogP contribution in [0.5, 0.6) is 0 Å². The number of hydrogen-bond donors (Lipinski definition) is 0. The van der Waals surface area contributed by atoms with Crippen LogP contribution in [0.2, 0.25) is 0 Å². The van der Waals surface area contributed by atoms with E-state index in [9.17, 15) is 0 Å². The van der Waals surface area contributed by atoms with Crippen molar-refractivity contribution in [2.75, 3.05) is 6.61 Å². The molecule has 0 aromatic rings. The highest BCUT2D eigenvalue weighted by Crippen LogP contribution is 2.60. The summed E-state index contributed by atoms with van der Waals surface area (Å²) in [4.78, 5) is 11.9. The fourth-order valence-corrected chi connectivity index (χ4v) is 5.41. The average Bonchev–Trinajstić information content (AvgIpc) is 2.78. The summed E-state index contributed by atoms with van der Waals surface area (Å²) in [5, 5.41) is 0. The monoisotopic (exact) mass is 340 g/mol. The minimum absolute atomic E-state index is 0.210. The van der Waals surface area contributed by atoms with Crippen molar-refractivity contribution >= 4 is 0 Å². The van der Waals surface area contributed by atoms with Gasteiger partial charge in [0.05, 0.1) is 0 Å². The quantitative estimate of drug-likeness (QED) is 0.571. The molecular weight excluding hydrogens is 308 g/mol. The van der Waals surface area contributed by atoms with Crippen LogP contribution in [0.25, 0.3) is 0 Å². The molecule has 2 bridgehead atoms. The lowest BCUT2D eigenvalue weighted by Gasteiger charge is -2.60. The van der Waals surface area contributed by atoms with Gasteiger partial charge in [0.25, 0.3) is 0 Å². The van der Waals surface area contributed by atoms with Crippen LogP contribution >= 0.6 is 0 Å². The third kappa shape index (κ3) is 2.47. The molecule has 1 spiro atoms. The molecular formula is C19H32O5. The van der Waals surface area contributed by atoms with Gasteiger partial charge in [-0.05, 0) is 44.4 Å². The molecule has 5 fully saturated rings. The summed E-state index contributed by atoms with van der Waals surface area (Å²) in [7, 11) is 0. The van der Waals surface area contributed by atoms with Gasteiger partial charge in [0.2, 0.25) is 5.79 Å². The number of hydrogen-bond acceptors (Lipinski definition) is 5. The highest BCUT2D eigenvalue weighted by molar-refractivity contribution is 5.09.